The molecule has 0 atom stereocenters. The zero-order valence-electron chi connectivity index (χ0n) is 14.2. The minimum absolute atomic E-state index is 0.0675. The lowest BCUT2D eigenvalue weighted by molar-refractivity contribution is 0.0523. The zero-order chi connectivity index (χ0) is 17.6. The van der Waals surface area contributed by atoms with E-state index in [0.29, 0.717) is 5.56 Å². The van der Waals surface area contributed by atoms with Crippen LogP contribution in [0.25, 0.3) is 4.91 Å². The predicted molar refractivity (Wildman–Crippen MR) is 95.1 cm³/mol. The number of halogens is 1. The van der Waals surface area contributed by atoms with Crippen molar-refractivity contribution >= 4 is 29.5 Å². The average Bonchev–Trinajstić information content (AvgIpc) is 2.45. The molecule has 0 fully saturated rings. The van der Waals surface area contributed by atoms with Crippen molar-refractivity contribution in [2.75, 3.05) is 6.26 Å². The normalized spacial score (nSPS) is 12.4. The Morgan fingerprint density at radius 3 is 2.57 bits per heavy atom. The highest BCUT2D eigenvalue weighted by Crippen LogP contribution is 2.30. The summed E-state index contributed by atoms with van der Waals surface area (Å²) in [5.74, 6) is -0.387. The Labute approximate surface area is 141 Å². The van der Waals surface area contributed by atoms with Gasteiger partial charge in [0, 0.05) is 17.0 Å². The van der Waals surface area contributed by atoms with Crippen molar-refractivity contribution in [2.45, 2.75) is 39.8 Å². The molecular weight excluding hydrogens is 315 g/mol. The molecule has 0 aliphatic heterocycles. The van der Waals surface area contributed by atoms with Gasteiger partial charge in [0.05, 0.1) is 5.70 Å². The topological polar surface area (TPSA) is 50.7 Å². The van der Waals surface area contributed by atoms with E-state index < -0.39 is 11.7 Å². The van der Waals surface area contributed by atoms with Crippen LogP contribution >= 0.6 is 11.8 Å². The molecule has 0 aliphatic rings. The lowest BCUT2D eigenvalue weighted by Crippen LogP contribution is -2.32. The van der Waals surface area contributed by atoms with Crippen molar-refractivity contribution in [3.63, 3.8) is 0 Å². The van der Waals surface area contributed by atoms with Crippen LogP contribution in [0.5, 0.6) is 0 Å². The van der Waals surface area contributed by atoms with Gasteiger partial charge in [-0.25, -0.2) is 9.18 Å². The van der Waals surface area contributed by atoms with Gasteiger partial charge in [-0.3, -0.25) is 4.99 Å². The fourth-order valence-electron chi connectivity index (χ4n) is 1.86. The number of thioether (sulfide) groups is 1. The summed E-state index contributed by atoms with van der Waals surface area (Å²) in [7, 11) is 0. The third-order valence-electron chi connectivity index (χ3n) is 2.91. The van der Waals surface area contributed by atoms with Crippen LogP contribution in [0.1, 0.15) is 38.8 Å². The van der Waals surface area contributed by atoms with Crippen molar-refractivity contribution in [1.82, 2.24) is 5.32 Å². The molecule has 1 aromatic carbocycles. The van der Waals surface area contributed by atoms with Gasteiger partial charge >= 0.3 is 6.09 Å². The molecular formula is C17H23FN2O2S. The molecule has 0 aromatic heterocycles. The van der Waals surface area contributed by atoms with Crippen molar-refractivity contribution in [2.24, 2.45) is 4.99 Å². The number of amides is 1. The molecule has 0 heterocycles. The number of ether oxygens (including phenoxy) is 1. The number of rotatable bonds is 5. The Morgan fingerprint density at radius 1 is 1.43 bits per heavy atom. The van der Waals surface area contributed by atoms with E-state index in [2.05, 4.69) is 17.0 Å². The lowest BCUT2D eigenvalue weighted by Gasteiger charge is -2.19. The smallest absolute Gasteiger partial charge is 0.407 e. The summed E-state index contributed by atoms with van der Waals surface area (Å²) in [6, 6.07) is 4.89. The van der Waals surface area contributed by atoms with Crippen LogP contribution in [0.2, 0.25) is 0 Å². The third-order valence-corrected chi connectivity index (χ3v) is 3.85. The molecule has 0 aliphatic carbocycles. The maximum absolute atomic E-state index is 14.2. The number of aliphatic imine (C=N–C) groups is 1. The number of carbonyl (C=O) groups is 1. The third kappa shape index (κ3) is 6.06. The van der Waals surface area contributed by atoms with Crippen LogP contribution in [-0.4, -0.2) is 24.7 Å². The molecule has 0 bridgehead atoms. The number of hydrogen-bond donors (Lipinski definition) is 1. The molecule has 1 rings (SSSR count). The van der Waals surface area contributed by atoms with Gasteiger partial charge in [0.15, 0.2) is 0 Å². The molecule has 1 aromatic rings. The van der Waals surface area contributed by atoms with Crippen LogP contribution in [0.4, 0.5) is 9.18 Å². The summed E-state index contributed by atoms with van der Waals surface area (Å²) < 4.78 is 19.4. The van der Waals surface area contributed by atoms with E-state index in [-0.39, 0.29) is 12.4 Å². The molecule has 0 saturated carbocycles. The SMILES string of the molecule is C=N/C(C)=C(\SC)c1ccc(CNC(=O)OC(C)(C)C)c(F)c1. The van der Waals surface area contributed by atoms with E-state index in [4.69, 9.17) is 4.74 Å². The monoisotopic (exact) mass is 338 g/mol. The van der Waals surface area contributed by atoms with Gasteiger partial charge < -0.3 is 10.1 Å². The molecule has 23 heavy (non-hydrogen) atoms. The second-order valence-electron chi connectivity index (χ2n) is 5.94. The van der Waals surface area contributed by atoms with E-state index in [1.54, 1.807) is 32.9 Å². The Hall–Kier alpha value is -1.82. The second kappa shape index (κ2) is 8.15. The van der Waals surface area contributed by atoms with Crippen molar-refractivity contribution < 1.29 is 13.9 Å². The summed E-state index contributed by atoms with van der Waals surface area (Å²) in [5, 5.41) is 2.55. The summed E-state index contributed by atoms with van der Waals surface area (Å²) in [6.45, 7) is 10.7. The number of nitrogens with zero attached hydrogens (tertiary/aromatic N) is 1. The fourth-order valence-corrected chi connectivity index (χ4v) is 2.58. The van der Waals surface area contributed by atoms with Gasteiger partial charge in [-0.1, -0.05) is 12.1 Å². The van der Waals surface area contributed by atoms with Crippen molar-refractivity contribution in [3.8, 4) is 0 Å². The first-order valence-electron chi connectivity index (χ1n) is 7.15. The number of alkyl carbamates (subject to hydrolysis) is 1. The summed E-state index contributed by atoms with van der Waals surface area (Å²) in [6.07, 6.45) is 1.33. The molecule has 0 radical (unpaired) electrons. The van der Waals surface area contributed by atoms with Gasteiger partial charge in [0.2, 0.25) is 0 Å². The summed E-state index contributed by atoms with van der Waals surface area (Å²) in [5.41, 5.74) is 1.29. The van der Waals surface area contributed by atoms with E-state index in [1.807, 2.05) is 13.2 Å². The molecule has 0 unspecified atom stereocenters. The van der Waals surface area contributed by atoms with E-state index in [1.165, 1.54) is 17.8 Å². The van der Waals surface area contributed by atoms with Crippen LogP contribution in [0.15, 0.2) is 28.9 Å². The Kier molecular flexibility index (Phi) is 6.81. The van der Waals surface area contributed by atoms with Crippen molar-refractivity contribution in [1.29, 1.82) is 0 Å². The number of benzene rings is 1. The predicted octanol–water partition coefficient (Wildman–Crippen LogP) is 4.60. The summed E-state index contributed by atoms with van der Waals surface area (Å²) >= 11 is 1.48. The fraction of sp³-hybridized carbons (Fsp3) is 0.412. The maximum atomic E-state index is 14.2. The standard InChI is InChI=1S/C17H23FN2O2S/c1-11(19-5)15(23-6)12-7-8-13(14(18)9-12)10-20-16(21)22-17(2,3)4/h7-9H,5,10H2,1-4,6H3,(H,20,21)/b15-11-. The molecule has 6 heteroatoms. The number of carbonyl (C=O) groups excluding carboxylic acids is 1. The minimum Gasteiger partial charge on any atom is -0.444 e. The quantitative estimate of drug-likeness (QED) is 0.798. The Balaban J connectivity index is 2.85. The molecule has 0 saturated heterocycles. The zero-order valence-corrected chi connectivity index (χ0v) is 15.0. The highest BCUT2D eigenvalue weighted by atomic mass is 32.2. The van der Waals surface area contributed by atoms with Gasteiger partial charge in [-0.15, -0.1) is 11.8 Å². The number of nitrogens with one attached hydrogen (secondary N) is 1. The first-order valence-corrected chi connectivity index (χ1v) is 8.37. The van der Waals surface area contributed by atoms with Crippen LogP contribution in [0, 0.1) is 5.82 Å². The molecule has 1 N–H and O–H groups in total. The molecule has 126 valence electrons. The van der Waals surface area contributed by atoms with E-state index in [9.17, 15) is 9.18 Å². The minimum atomic E-state index is -0.584. The van der Waals surface area contributed by atoms with Crippen LogP contribution in [0.3, 0.4) is 0 Å². The highest BCUT2D eigenvalue weighted by Gasteiger charge is 2.16. The lowest BCUT2D eigenvalue weighted by atomic mass is 10.1. The van der Waals surface area contributed by atoms with E-state index in [0.717, 1.165) is 16.2 Å². The first kappa shape index (κ1) is 19.2. The van der Waals surface area contributed by atoms with Gasteiger partial charge in [0.25, 0.3) is 0 Å². The molecule has 1 amide bonds. The van der Waals surface area contributed by atoms with Gasteiger partial charge in [-0.05, 0) is 52.3 Å². The van der Waals surface area contributed by atoms with Gasteiger partial charge in [-0.2, -0.15) is 0 Å². The first-order chi connectivity index (χ1) is 10.7. The largest absolute Gasteiger partial charge is 0.444 e. The number of hydrogen-bond acceptors (Lipinski definition) is 4. The molecule has 4 nitrogen and oxygen atoms in total. The molecule has 0 spiro atoms. The average molecular weight is 338 g/mol. The van der Waals surface area contributed by atoms with E-state index >= 15 is 0 Å². The Bertz CT molecular complexity index is 622. The van der Waals surface area contributed by atoms with Crippen molar-refractivity contribution in [3.05, 3.63) is 40.8 Å². The Morgan fingerprint density at radius 2 is 2.09 bits per heavy atom. The van der Waals surface area contributed by atoms with Gasteiger partial charge in [0.1, 0.15) is 11.4 Å². The van der Waals surface area contributed by atoms with Crippen LogP contribution in [-0.2, 0) is 11.3 Å². The number of allylic oxidation sites excluding steroid dienone is 1. The highest BCUT2D eigenvalue weighted by molar-refractivity contribution is 8.07. The second-order valence-corrected chi connectivity index (χ2v) is 6.75. The summed E-state index contributed by atoms with van der Waals surface area (Å²) in [4.78, 5) is 16.4. The van der Waals surface area contributed by atoms with Crippen LogP contribution < -0.4 is 5.32 Å². The maximum Gasteiger partial charge on any atom is 0.407 e.